The maximum Gasteiger partial charge on any atom is 0.223 e. The van der Waals surface area contributed by atoms with E-state index in [1.165, 1.54) is 9.75 Å². The lowest BCUT2D eigenvalue weighted by Gasteiger charge is -2.04. The zero-order valence-electron chi connectivity index (χ0n) is 12.9. The second-order valence-electron chi connectivity index (χ2n) is 5.98. The largest absolute Gasteiger partial charge is 0.355 e. The zero-order valence-corrected chi connectivity index (χ0v) is 13.7. The van der Waals surface area contributed by atoms with Crippen LogP contribution in [0.25, 0.3) is 5.65 Å². The highest BCUT2D eigenvalue weighted by atomic mass is 32.1. The second kappa shape index (κ2) is 5.77. The van der Waals surface area contributed by atoms with E-state index in [1.54, 1.807) is 11.3 Å². The molecule has 0 unspecified atom stereocenters. The molecule has 0 aromatic carbocycles. The van der Waals surface area contributed by atoms with Crippen molar-refractivity contribution in [3.8, 4) is 0 Å². The van der Waals surface area contributed by atoms with Crippen LogP contribution in [0.4, 0.5) is 0 Å². The first-order valence-corrected chi connectivity index (χ1v) is 8.67. The molecule has 118 valence electrons. The lowest BCUT2D eigenvalue weighted by Crippen LogP contribution is -2.28. The van der Waals surface area contributed by atoms with Gasteiger partial charge in [0.05, 0.1) is 0 Å². The predicted octanol–water partition coefficient (Wildman–Crippen LogP) is 2.56. The summed E-state index contributed by atoms with van der Waals surface area (Å²) in [5.41, 5.74) is 0.837. The van der Waals surface area contributed by atoms with E-state index >= 15 is 0 Å². The van der Waals surface area contributed by atoms with Gasteiger partial charge < -0.3 is 5.32 Å². The van der Waals surface area contributed by atoms with Crippen LogP contribution in [0, 0.1) is 12.8 Å². The third-order valence-corrected chi connectivity index (χ3v) is 5.42. The van der Waals surface area contributed by atoms with Crippen molar-refractivity contribution >= 4 is 22.9 Å². The van der Waals surface area contributed by atoms with E-state index in [9.17, 15) is 4.79 Å². The molecule has 23 heavy (non-hydrogen) atoms. The molecule has 0 radical (unpaired) electrons. The quantitative estimate of drug-likeness (QED) is 0.784. The molecule has 6 heteroatoms. The topological polar surface area (TPSA) is 59.3 Å². The van der Waals surface area contributed by atoms with Crippen LogP contribution in [0.1, 0.15) is 27.9 Å². The Hall–Kier alpha value is -2.21. The first-order valence-electron chi connectivity index (χ1n) is 7.85. The van der Waals surface area contributed by atoms with Gasteiger partial charge in [0.1, 0.15) is 5.82 Å². The number of thiophene rings is 1. The molecule has 3 aromatic rings. The summed E-state index contributed by atoms with van der Waals surface area (Å²) in [4.78, 5) is 14.9. The van der Waals surface area contributed by atoms with Gasteiger partial charge in [0.2, 0.25) is 5.91 Å². The SMILES string of the molecule is Cc1ccc([C@@H]2C[C@H]2C(=O)NCCc2nnc3ccccn23)s1. The molecule has 2 atom stereocenters. The van der Waals surface area contributed by atoms with Crippen molar-refractivity contribution in [3.63, 3.8) is 0 Å². The highest BCUT2D eigenvalue weighted by molar-refractivity contribution is 7.12. The van der Waals surface area contributed by atoms with Gasteiger partial charge in [-0.15, -0.1) is 21.5 Å². The number of aryl methyl sites for hydroxylation is 1. The standard InChI is InChI=1S/C17H18N4OS/c1-11-5-6-14(23-11)12-10-13(12)17(22)18-8-7-16-20-19-15-4-2-3-9-21(15)16/h2-6,9,12-13H,7-8,10H2,1H3,(H,18,22)/t12-,13-/m1/s1. The normalized spacial score (nSPS) is 19.9. The summed E-state index contributed by atoms with van der Waals surface area (Å²) in [7, 11) is 0. The average Bonchev–Trinajstić information content (AvgIpc) is 3.08. The minimum atomic E-state index is 0.142. The number of carbonyl (C=O) groups is 1. The zero-order chi connectivity index (χ0) is 15.8. The minimum absolute atomic E-state index is 0.142. The monoisotopic (exact) mass is 326 g/mol. The van der Waals surface area contributed by atoms with Crippen molar-refractivity contribution in [1.82, 2.24) is 19.9 Å². The van der Waals surface area contributed by atoms with Crippen LogP contribution in [0.5, 0.6) is 0 Å². The van der Waals surface area contributed by atoms with Crippen molar-refractivity contribution in [2.24, 2.45) is 5.92 Å². The molecule has 5 nitrogen and oxygen atoms in total. The Morgan fingerprint density at radius 1 is 1.35 bits per heavy atom. The number of aromatic nitrogens is 3. The highest BCUT2D eigenvalue weighted by Crippen LogP contribution is 2.49. The molecule has 3 heterocycles. The Morgan fingerprint density at radius 2 is 2.26 bits per heavy atom. The number of carbonyl (C=O) groups excluding carboxylic acids is 1. The van der Waals surface area contributed by atoms with Crippen molar-refractivity contribution in [3.05, 3.63) is 52.1 Å². The summed E-state index contributed by atoms with van der Waals surface area (Å²) in [6.07, 6.45) is 3.61. The smallest absolute Gasteiger partial charge is 0.223 e. The lowest BCUT2D eigenvalue weighted by atomic mass is 10.2. The van der Waals surface area contributed by atoms with Crippen molar-refractivity contribution < 1.29 is 4.79 Å². The molecule has 4 rings (SSSR count). The van der Waals surface area contributed by atoms with E-state index in [0.717, 1.165) is 17.9 Å². The number of nitrogens with zero attached hydrogens (tertiary/aromatic N) is 3. The molecule has 3 aromatic heterocycles. The number of amides is 1. The van der Waals surface area contributed by atoms with Crippen molar-refractivity contribution in [1.29, 1.82) is 0 Å². The number of fused-ring (bicyclic) bond motifs is 1. The average molecular weight is 326 g/mol. The first-order chi connectivity index (χ1) is 11.2. The van der Waals surface area contributed by atoms with Crippen LogP contribution in [0.2, 0.25) is 0 Å². The summed E-state index contributed by atoms with van der Waals surface area (Å²) in [6, 6.07) is 10.1. The summed E-state index contributed by atoms with van der Waals surface area (Å²) in [5.74, 6) is 1.60. The van der Waals surface area contributed by atoms with Crippen molar-refractivity contribution in [2.45, 2.75) is 25.7 Å². The van der Waals surface area contributed by atoms with Crippen molar-refractivity contribution in [2.75, 3.05) is 6.54 Å². The number of nitrogens with one attached hydrogen (secondary N) is 1. The Bertz CT molecular complexity index is 853. The Balaban J connectivity index is 1.31. The van der Waals surface area contributed by atoms with E-state index in [2.05, 4.69) is 34.6 Å². The Labute approximate surface area is 138 Å². The van der Waals surface area contributed by atoms with E-state index in [0.29, 0.717) is 18.9 Å². The summed E-state index contributed by atoms with van der Waals surface area (Å²) in [6.45, 7) is 2.70. The third-order valence-electron chi connectivity index (χ3n) is 4.29. The number of pyridine rings is 1. The first kappa shape index (κ1) is 14.4. The molecular formula is C17H18N4OS. The van der Waals surface area contributed by atoms with E-state index in [-0.39, 0.29) is 11.8 Å². The molecule has 1 fully saturated rings. The summed E-state index contributed by atoms with van der Waals surface area (Å²) in [5, 5.41) is 11.3. The van der Waals surface area contributed by atoms with E-state index in [4.69, 9.17) is 0 Å². The summed E-state index contributed by atoms with van der Waals surface area (Å²) >= 11 is 1.80. The molecule has 0 bridgehead atoms. The van der Waals surface area contributed by atoms with Gasteiger partial charge in [0.15, 0.2) is 5.65 Å². The van der Waals surface area contributed by atoms with Gasteiger partial charge in [-0.1, -0.05) is 6.07 Å². The molecule has 1 amide bonds. The fourth-order valence-electron chi connectivity index (χ4n) is 2.94. The Morgan fingerprint density at radius 3 is 3.09 bits per heavy atom. The highest BCUT2D eigenvalue weighted by Gasteiger charge is 2.44. The van der Waals surface area contributed by atoms with Gasteiger partial charge in [-0.2, -0.15) is 0 Å². The minimum Gasteiger partial charge on any atom is -0.355 e. The fourth-order valence-corrected chi connectivity index (χ4v) is 4.00. The van der Waals surface area contributed by atoms with Crippen LogP contribution >= 0.6 is 11.3 Å². The molecule has 0 saturated heterocycles. The van der Waals surface area contributed by atoms with Gasteiger partial charge in [0, 0.05) is 40.8 Å². The lowest BCUT2D eigenvalue weighted by molar-refractivity contribution is -0.122. The van der Waals surface area contributed by atoms with Crippen LogP contribution in [0.3, 0.4) is 0 Å². The van der Waals surface area contributed by atoms with Gasteiger partial charge in [0.25, 0.3) is 0 Å². The molecule has 1 N–H and O–H groups in total. The molecule has 0 spiro atoms. The maximum atomic E-state index is 12.2. The maximum absolute atomic E-state index is 12.2. The summed E-state index contributed by atoms with van der Waals surface area (Å²) < 4.78 is 1.96. The van der Waals surface area contributed by atoms with E-state index in [1.807, 2.05) is 28.8 Å². The van der Waals surface area contributed by atoms with Crippen LogP contribution in [-0.4, -0.2) is 27.0 Å². The van der Waals surface area contributed by atoms with E-state index < -0.39 is 0 Å². The second-order valence-corrected chi connectivity index (χ2v) is 7.30. The third kappa shape index (κ3) is 2.86. The van der Waals surface area contributed by atoms with Crippen LogP contribution < -0.4 is 5.32 Å². The predicted molar refractivity (Wildman–Crippen MR) is 89.6 cm³/mol. The fraction of sp³-hybridized carbons (Fsp3) is 0.353. The molecular weight excluding hydrogens is 308 g/mol. The number of hydrogen-bond acceptors (Lipinski definition) is 4. The molecule has 1 aliphatic rings. The Kier molecular flexibility index (Phi) is 3.61. The van der Waals surface area contributed by atoms with Gasteiger partial charge in [-0.3, -0.25) is 9.20 Å². The van der Waals surface area contributed by atoms with Gasteiger partial charge in [-0.05, 0) is 37.6 Å². The number of rotatable bonds is 5. The van der Waals surface area contributed by atoms with Crippen LogP contribution in [0.15, 0.2) is 36.5 Å². The van der Waals surface area contributed by atoms with Gasteiger partial charge >= 0.3 is 0 Å². The molecule has 1 aliphatic carbocycles. The van der Waals surface area contributed by atoms with Gasteiger partial charge in [-0.25, -0.2) is 0 Å². The number of hydrogen-bond donors (Lipinski definition) is 1. The molecule has 1 saturated carbocycles. The molecule has 0 aliphatic heterocycles. The van der Waals surface area contributed by atoms with Crippen LogP contribution in [-0.2, 0) is 11.2 Å².